The van der Waals surface area contributed by atoms with E-state index in [1.807, 2.05) is 0 Å². The van der Waals surface area contributed by atoms with Crippen LogP contribution in [0.3, 0.4) is 0 Å². The first-order valence-electron chi connectivity index (χ1n) is 5.97. The minimum Gasteiger partial charge on any atom is -0.383 e. The molecule has 0 saturated carbocycles. The van der Waals surface area contributed by atoms with Crippen molar-refractivity contribution in [1.29, 1.82) is 0 Å². The van der Waals surface area contributed by atoms with Gasteiger partial charge < -0.3 is 15.0 Å². The predicted octanol–water partition coefficient (Wildman–Crippen LogP) is 1.59. The number of hydrogen-bond acceptors (Lipinski definition) is 3. The normalized spacial score (nSPS) is 13.8. The van der Waals surface area contributed by atoms with Gasteiger partial charge in [-0.15, -0.1) is 0 Å². The minimum absolute atomic E-state index is 0.514. The molecule has 0 fully saturated rings. The predicted molar refractivity (Wildman–Crippen MR) is 66.3 cm³/mol. The molecule has 92 valence electrons. The van der Waals surface area contributed by atoms with Crippen molar-refractivity contribution in [3.8, 4) is 0 Å². The Bertz CT molecular complexity index is 140. The number of ether oxygens (including phenoxy) is 1. The van der Waals surface area contributed by atoms with Gasteiger partial charge in [0.1, 0.15) is 0 Å². The van der Waals surface area contributed by atoms with Gasteiger partial charge in [0.25, 0.3) is 0 Å². The average Bonchev–Trinajstić information content (AvgIpc) is 2.16. The van der Waals surface area contributed by atoms with Crippen molar-refractivity contribution >= 4 is 0 Å². The zero-order chi connectivity index (χ0) is 11.7. The highest BCUT2D eigenvalue weighted by Gasteiger charge is 2.07. The second-order valence-corrected chi connectivity index (χ2v) is 4.74. The van der Waals surface area contributed by atoms with E-state index < -0.39 is 0 Å². The van der Waals surface area contributed by atoms with Gasteiger partial charge in [-0.05, 0) is 45.9 Å². The van der Waals surface area contributed by atoms with Gasteiger partial charge in [-0.3, -0.25) is 0 Å². The summed E-state index contributed by atoms with van der Waals surface area (Å²) in [6, 6.07) is 0.514. The molecule has 0 aromatic rings. The molecule has 1 unspecified atom stereocenters. The molecule has 0 amide bonds. The average molecular weight is 216 g/mol. The summed E-state index contributed by atoms with van der Waals surface area (Å²) in [6.45, 7) is 10.9. The second kappa shape index (κ2) is 9.13. The first-order valence-corrected chi connectivity index (χ1v) is 5.97. The Morgan fingerprint density at radius 3 is 2.47 bits per heavy atom. The summed E-state index contributed by atoms with van der Waals surface area (Å²) >= 11 is 0. The van der Waals surface area contributed by atoms with Gasteiger partial charge in [0.15, 0.2) is 0 Å². The van der Waals surface area contributed by atoms with Crippen molar-refractivity contribution in [3.05, 3.63) is 0 Å². The molecule has 0 aliphatic carbocycles. The van der Waals surface area contributed by atoms with Crippen LogP contribution in [-0.2, 0) is 4.74 Å². The fourth-order valence-electron chi connectivity index (χ4n) is 1.43. The number of hydrogen-bond donors (Lipinski definition) is 1. The van der Waals surface area contributed by atoms with Crippen LogP contribution in [0, 0.1) is 5.92 Å². The Hall–Kier alpha value is -0.120. The molecule has 0 heterocycles. The molecular formula is C12H28N2O. The van der Waals surface area contributed by atoms with Crippen molar-refractivity contribution in [2.75, 3.05) is 40.4 Å². The molecule has 1 atom stereocenters. The Labute approximate surface area is 95.2 Å². The summed E-state index contributed by atoms with van der Waals surface area (Å²) in [5, 5.41) is 3.45. The SMILES string of the molecule is COCC(C)N(C)CCCNCC(C)C. The van der Waals surface area contributed by atoms with E-state index in [1.54, 1.807) is 7.11 Å². The van der Waals surface area contributed by atoms with Crippen molar-refractivity contribution in [3.63, 3.8) is 0 Å². The van der Waals surface area contributed by atoms with Crippen LogP contribution >= 0.6 is 0 Å². The van der Waals surface area contributed by atoms with Gasteiger partial charge in [0.2, 0.25) is 0 Å². The lowest BCUT2D eigenvalue weighted by Gasteiger charge is -2.23. The highest BCUT2D eigenvalue weighted by Crippen LogP contribution is 1.97. The standard InChI is InChI=1S/C12H28N2O/c1-11(2)9-13-7-6-8-14(4)12(3)10-15-5/h11-13H,6-10H2,1-5H3. The number of nitrogens with one attached hydrogen (secondary N) is 1. The molecule has 0 saturated heterocycles. The number of rotatable bonds is 9. The molecule has 1 N–H and O–H groups in total. The van der Waals surface area contributed by atoms with Crippen LogP contribution in [0.4, 0.5) is 0 Å². The van der Waals surface area contributed by atoms with Gasteiger partial charge in [0, 0.05) is 13.2 Å². The van der Waals surface area contributed by atoms with Crippen molar-refractivity contribution < 1.29 is 4.74 Å². The minimum atomic E-state index is 0.514. The third kappa shape index (κ3) is 8.85. The van der Waals surface area contributed by atoms with E-state index in [0.29, 0.717) is 6.04 Å². The topological polar surface area (TPSA) is 24.5 Å². The first-order chi connectivity index (χ1) is 7.07. The van der Waals surface area contributed by atoms with Crippen LogP contribution in [0.15, 0.2) is 0 Å². The number of methoxy groups -OCH3 is 1. The molecule has 0 aliphatic rings. The van der Waals surface area contributed by atoms with Crippen molar-refractivity contribution in [1.82, 2.24) is 10.2 Å². The van der Waals surface area contributed by atoms with Crippen LogP contribution in [0.1, 0.15) is 27.2 Å². The van der Waals surface area contributed by atoms with Crippen LogP contribution in [0.2, 0.25) is 0 Å². The van der Waals surface area contributed by atoms with E-state index in [0.717, 1.165) is 32.2 Å². The van der Waals surface area contributed by atoms with Crippen LogP contribution in [0.5, 0.6) is 0 Å². The zero-order valence-corrected chi connectivity index (χ0v) is 11.0. The number of nitrogens with zero attached hydrogens (tertiary/aromatic N) is 1. The maximum atomic E-state index is 5.13. The van der Waals surface area contributed by atoms with Crippen LogP contribution < -0.4 is 5.32 Å². The van der Waals surface area contributed by atoms with E-state index in [9.17, 15) is 0 Å². The lowest BCUT2D eigenvalue weighted by molar-refractivity contribution is 0.115. The monoisotopic (exact) mass is 216 g/mol. The van der Waals surface area contributed by atoms with Gasteiger partial charge in [-0.2, -0.15) is 0 Å². The molecule has 0 aromatic carbocycles. The van der Waals surface area contributed by atoms with E-state index in [1.165, 1.54) is 6.42 Å². The molecule has 0 rings (SSSR count). The molecule has 0 radical (unpaired) electrons. The smallest absolute Gasteiger partial charge is 0.0615 e. The Balaban J connectivity index is 3.34. The number of likely N-dealkylation sites (N-methyl/N-ethyl adjacent to an activating group) is 1. The summed E-state index contributed by atoms with van der Waals surface area (Å²) in [5.41, 5.74) is 0. The van der Waals surface area contributed by atoms with E-state index in [2.05, 4.69) is 38.0 Å². The second-order valence-electron chi connectivity index (χ2n) is 4.74. The Kier molecular flexibility index (Phi) is 9.06. The molecule has 3 nitrogen and oxygen atoms in total. The van der Waals surface area contributed by atoms with Crippen molar-refractivity contribution in [2.24, 2.45) is 5.92 Å². The van der Waals surface area contributed by atoms with Crippen LogP contribution in [0.25, 0.3) is 0 Å². The highest BCUT2D eigenvalue weighted by molar-refractivity contribution is 4.63. The molecule has 0 aromatic heterocycles. The summed E-state index contributed by atoms with van der Waals surface area (Å²) in [5.74, 6) is 0.746. The molecule has 15 heavy (non-hydrogen) atoms. The summed E-state index contributed by atoms with van der Waals surface area (Å²) < 4.78 is 5.13. The summed E-state index contributed by atoms with van der Waals surface area (Å²) in [4.78, 5) is 2.35. The fraction of sp³-hybridized carbons (Fsp3) is 1.00. The molecule has 0 spiro atoms. The first kappa shape index (κ1) is 14.9. The van der Waals surface area contributed by atoms with E-state index >= 15 is 0 Å². The third-order valence-corrected chi connectivity index (χ3v) is 2.58. The van der Waals surface area contributed by atoms with Gasteiger partial charge in [-0.1, -0.05) is 13.8 Å². The van der Waals surface area contributed by atoms with Crippen molar-refractivity contribution in [2.45, 2.75) is 33.2 Å². The quantitative estimate of drug-likeness (QED) is 0.592. The van der Waals surface area contributed by atoms with E-state index in [4.69, 9.17) is 4.74 Å². The maximum absolute atomic E-state index is 5.13. The Morgan fingerprint density at radius 1 is 1.27 bits per heavy atom. The third-order valence-electron chi connectivity index (χ3n) is 2.58. The summed E-state index contributed by atoms with van der Waals surface area (Å²) in [6.07, 6.45) is 1.21. The fourth-order valence-corrected chi connectivity index (χ4v) is 1.43. The molecular weight excluding hydrogens is 188 g/mol. The lowest BCUT2D eigenvalue weighted by Crippen LogP contribution is -2.35. The van der Waals surface area contributed by atoms with Gasteiger partial charge in [0.05, 0.1) is 6.61 Å². The zero-order valence-electron chi connectivity index (χ0n) is 11.0. The molecule has 0 aliphatic heterocycles. The lowest BCUT2D eigenvalue weighted by atomic mass is 10.2. The van der Waals surface area contributed by atoms with Gasteiger partial charge >= 0.3 is 0 Å². The molecule has 3 heteroatoms. The Morgan fingerprint density at radius 2 is 1.93 bits per heavy atom. The van der Waals surface area contributed by atoms with Crippen LogP contribution in [-0.4, -0.2) is 51.3 Å². The highest BCUT2D eigenvalue weighted by atomic mass is 16.5. The maximum Gasteiger partial charge on any atom is 0.0615 e. The van der Waals surface area contributed by atoms with Gasteiger partial charge in [-0.25, -0.2) is 0 Å². The summed E-state index contributed by atoms with van der Waals surface area (Å²) in [7, 11) is 3.92. The van der Waals surface area contributed by atoms with E-state index in [-0.39, 0.29) is 0 Å². The largest absolute Gasteiger partial charge is 0.383 e. The molecule has 0 bridgehead atoms.